The highest BCUT2D eigenvalue weighted by Gasteiger charge is 2.52. The van der Waals surface area contributed by atoms with E-state index in [1.165, 1.54) is 6.07 Å². The van der Waals surface area contributed by atoms with E-state index >= 15 is 4.39 Å². The lowest BCUT2D eigenvalue weighted by atomic mass is 10.1. The first kappa shape index (κ1) is 26.4. The fourth-order valence-electron chi connectivity index (χ4n) is 5.34. The van der Waals surface area contributed by atoms with Gasteiger partial charge in [0.2, 0.25) is 5.43 Å². The van der Waals surface area contributed by atoms with Crippen LogP contribution in [0.5, 0.6) is 0 Å². The van der Waals surface area contributed by atoms with Crippen molar-refractivity contribution in [2.24, 2.45) is 0 Å². The van der Waals surface area contributed by atoms with E-state index in [4.69, 9.17) is 9.05 Å². The van der Waals surface area contributed by atoms with Crippen LogP contribution in [0.2, 0.25) is 0 Å². The topological polar surface area (TPSA) is 101 Å². The standard InChI is InChI=1S/C25H25F3N3O6P/c1-3-36-38(35,37-4-2)31-12-15-8-16(31)11-29(15)23-10-22-17(9-20(23)28)24(32)18(25(33)34)13-30(22)21-6-5-14(26)7-19(21)27/h5-7,9-10,13,15-16H,3-4,8,11-12H2,1-2H3,(H,33,34). The summed E-state index contributed by atoms with van der Waals surface area (Å²) in [4.78, 5) is 26.4. The minimum atomic E-state index is -3.52. The Morgan fingerprint density at radius 1 is 1.03 bits per heavy atom. The molecule has 5 rings (SSSR count). The minimum absolute atomic E-state index is 0.0517. The van der Waals surface area contributed by atoms with Crippen LogP contribution in [0.25, 0.3) is 16.6 Å². The summed E-state index contributed by atoms with van der Waals surface area (Å²) in [6, 6.07) is 4.54. The van der Waals surface area contributed by atoms with Crippen molar-refractivity contribution in [1.82, 2.24) is 9.24 Å². The van der Waals surface area contributed by atoms with Crippen LogP contribution in [0.15, 0.2) is 41.3 Å². The number of rotatable bonds is 8. The van der Waals surface area contributed by atoms with Crippen molar-refractivity contribution in [3.63, 3.8) is 0 Å². The summed E-state index contributed by atoms with van der Waals surface area (Å²) in [6.45, 7) is 4.41. The zero-order valence-electron chi connectivity index (χ0n) is 20.6. The average Bonchev–Trinajstić information content (AvgIpc) is 3.47. The summed E-state index contributed by atoms with van der Waals surface area (Å²) in [5.74, 6) is -4.16. The first-order chi connectivity index (χ1) is 18.1. The van der Waals surface area contributed by atoms with E-state index in [9.17, 15) is 28.0 Å². The number of aromatic carboxylic acids is 1. The molecular weight excluding hydrogens is 526 g/mol. The lowest BCUT2D eigenvalue weighted by Gasteiger charge is -2.38. The number of aromatic nitrogens is 1. The number of piperazine rings is 1. The highest BCUT2D eigenvalue weighted by Crippen LogP contribution is 2.57. The van der Waals surface area contributed by atoms with Gasteiger partial charge in [-0.15, -0.1) is 0 Å². The van der Waals surface area contributed by atoms with E-state index in [1.54, 1.807) is 23.4 Å². The Morgan fingerprint density at radius 2 is 1.71 bits per heavy atom. The van der Waals surface area contributed by atoms with Gasteiger partial charge in [0.1, 0.15) is 23.0 Å². The van der Waals surface area contributed by atoms with Crippen molar-refractivity contribution >= 4 is 30.3 Å². The Hall–Kier alpha value is -3.18. The molecule has 1 aromatic heterocycles. The smallest absolute Gasteiger partial charge is 0.408 e. The molecule has 0 amide bonds. The third-order valence-corrected chi connectivity index (χ3v) is 9.18. The van der Waals surface area contributed by atoms with Crippen molar-refractivity contribution in [2.75, 3.05) is 31.2 Å². The summed E-state index contributed by atoms with van der Waals surface area (Å²) in [5.41, 5.74) is -1.66. The molecule has 2 unspecified atom stereocenters. The number of nitrogens with zero attached hydrogens (tertiary/aromatic N) is 3. The monoisotopic (exact) mass is 551 g/mol. The number of carboxylic acids is 1. The molecule has 3 aromatic rings. The van der Waals surface area contributed by atoms with Crippen LogP contribution in [0.4, 0.5) is 18.9 Å². The van der Waals surface area contributed by atoms with Crippen molar-refractivity contribution in [3.8, 4) is 5.69 Å². The number of hydrogen-bond acceptors (Lipinski definition) is 6. The lowest BCUT2D eigenvalue weighted by molar-refractivity contribution is 0.0695. The van der Waals surface area contributed by atoms with Crippen LogP contribution < -0.4 is 10.3 Å². The third kappa shape index (κ3) is 4.31. The molecule has 202 valence electrons. The van der Waals surface area contributed by atoms with E-state index in [-0.39, 0.29) is 54.1 Å². The van der Waals surface area contributed by atoms with Crippen molar-refractivity contribution < 1.29 is 36.7 Å². The fraction of sp³-hybridized carbons (Fsp3) is 0.360. The zero-order chi connectivity index (χ0) is 27.4. The molecule has 13 heteroatoms. The Balaban J connectivity index is 1.60. The number of hydrogen-bond donors (Lipinski definition) is 1. The molecule has 2 aromatic carbocycles. The summed E-state index contributed by atoms with van der Waals surface area (Å²) >= 11 is 0. The van der Waals surface area contributed by atoms with E-state index in [2.05, 4.69) is 0 Å². The molecule has 1 N–H and O–H groups in total. The number of pyridine rings is 1. The molecule has 0 spiro atoms. The van der Waals surface area contributed by atoms with Crippen molar-refractivity contribution in [3.05, 3.63) is 69.8 Å². The molecular formula is C25H25F3N3O6P. The van der Waals surface area contributed by atoms with Crippen LogP contribution in [-0.2, 0) is 13.6 Å². The van der Waals surface area contributed by atoms with Crippen LogP contribution in [-0.4, -0.2) is 58.7 Å². The largest absolute Gasteiger partial charge is 0.477 e. The molecule has 2 bridgehead atoms. The summed E-state index contributed by atoms with van der Waals surface area (Å²) in [7, 11) is -3.52. The predicted molar refractivity (Wildman–Crippen MR) is 133 cm³/mol. The molecule has 3 heterocycles. The molecule has 0 radical (unpaired) electrons. The van der Waals surface area contributed by atoms with Gasteiger partial charge in [-0.25, -0.2) is 27.2 Å². The normalized spacial score (nSPS) is 19.6. The minimum Gasteiger partial charge on any atom is -0.477 e. The van der Waals surface area contributed by atoms with E-state index < -0.39 is 42.2 Å². The Morgan fingerprint density at radius 3 is 2.29 bits per heavy atom. The van der Waals surface area contributed by atoms with Gasteiger partial charge in [0.15, 0.2) is 0 Å². The first-order valence-electron chi connectivity index (χ1n) is 12.1. The highest BCUT2D eigenvalue weighted by molar-refractivity contribution is 7.51. The summed E-state index contributed by atoms with van der Waals surface area (Å²) in [5, 5.41) is 9.26. The van der Waals surface area contributed by atoms with Gasteiger partial charge >= 0.3 is 13.7 Å². The summed E-state index contributed by atoms with van der Waals surface area (Å²) in [6.07, 6.45) is 1.52. The fourth-order valence-corrected chi connectivity index (χ4v) is 7.32. The predicted octanol–water partition coefficient (Wildman–Crippen LogP) is 4.55. The van der Waals surface area contributed by atoms with E-state index in [1.807, 2.05) is 0 Å². The molecule has 2 atom stereocenters. The van der Waals surface area contributed by atoms with Gasteiger partial charge in [-0.05, 0) is 44.5 Å². The number of halogens is 3. The number of carboxylic acid groups (broad SMARTS) is 1. The number of fused-ring (bicyclic) bond motifs is 3. The highest BCUT2D eigenvalue weighted by atomic mass is 31.2. The maximum absolute atomic E-state index is 15.5. The molecule has 0 aliphatic carbocycles. The molecule has 9 nitrogen and oxygen atoms in total. The first-order valence-corrected chi connectivity index (χ1v) is 13.6. The molecule has 2 saturated heterocycles. The second kappa shape index (κ2) is 9.85. The van der Waals surface area contributed by atoms with Crippen LogP contribution in [0, 0.1) is 17.5 Å². The van der Waals surface area contributed by atoms with E-state index in [0.29, 0.717) is 19.0 Å². The Kier molecular flexibility index (Phi) is 6.85. The quantitative estimate of drug-likeness (QED) is 0.407. The van der Waals surface area contributed by atoms with Gasteiger partial charge in [0.05, 0.1) is 30.1 Å². The maximum atomic E-state index is 15.5. The van der Waals surface area contributed by atoms with Gasteiger partial charge in [-0.3, -0.25) is 13.8 Å². The number of anilines is 1. The Bertz CT molecular complexity index is 1540. The molecule has 38 heavy (non-hydrogen) atoms. The molecule has 0 saturated carbocycles. The second-order valence-electron chi connectivity index (χ2n) is 9.09. The molecule has 2 aliphatic rings. The van der Waals surface area contributed by atoms with Crippen LogP contribution in [0.1, 0.15) is 30.6 Å². The van der Waals surface area contributed by atoms with Crippen LogP contribution in [0.3, 0.4) is 0 Å². The SMILES string of the molecule is CCOP(=O)(OCC)N1CC2CC1CN2c1cc2c(cc1F)c(=O)c(C(=O)O)cn2-c1ccc(F)cc1F. The van der Waals surface area contributed by atoms with Gasteiger partial charge in [-0.2, -0.15) is 0 Å². The van der Waals surface area contributed by atoms with Crippen LogP contribution >= 0.6 is 7.75 Å². The Labute approximate surface area is 215 Å². The summed E-state index contributed by atoms with van der Waals surface area (Å²) < 4.78 is 70.9. The molecule has 2 aliphatic heterocycles. The zero-order valence-corrected chi connectivity index (χ0v) is 21.5. The van der Waals surface area contributed by atoms with Gasteiger partial charge < -0.3 is 14.6 Å². The third-order valence-electron chi connectivity index (χ3n) is 6.89. The van der Waals surface area contributed by atoms with Gasteiger partial charge in [0, 0.05) is 42.8 Å². The van der Waals surface area contributed by atoms with Gasteiger partial charge in [0.25, 0.3) is 0 Å². The van der Waals surface area contributed by atoms with Gasteiger partial charge in [-0.1, -0.05) is 0 Å². The van der Waals surface area contributed by atoms with E-state index in [0.717, 1.165) is 29.0 Å². The van der Waals surface area contributed by atoms with Crippen molar-refractivity contribution in [2.45, 2.75) is 32.4 Å². The van der Waals surface area contributed by atoms with Crippen molar-refractivity contribution in [1.29, 1.82) is 0 Å². The number of carbonyl (C=O) groups is 1. The average molecular weight is 551 g/mol. The maximum Gasteiger partial charge on any atom is 0.408 e. The molecule has 2 fully saturated rings. The lowest BCUT2D eigenvalue weighted by Crippen LogP contribution is -2.45. The second-order valence-corrected chi connectivity index (χ2v) is 11.1. The number of benzene rings is 2.